The molecule has 0 unspecified atom stereocenters. The zero-order valence-corrected chi connectivity index (χ0v) is 7.79. The summed E-state index contributed by atoms with van der Waals surface area (Å²) in [7, 11) is 0. The fourth-order valence-corrected chi connectivity index (χ4v) is 1.64. The first kappa shape index (κ1) is 8.29. The van der Waals surface area contributed by atoms with E-state index in [2.05, 4.69) is 23.0 Å². The quantitative estimate of drug-likeness (QED) is 0.653. The van der Waals surface area contributed by atoms with Crippen molar-refractivity contribution >= 4 is 6.03 Å². The van der Waals surface area contributed by atoms with Crippen molar-refractivity contribution in [2.75, 3.05) is 6.54 Å². The van der Waals surface area contributed by atoms with Crippen LogP contribution in [0.2, 0.25) is 0 Å². The molecule has 1 N–H and O–H groups in total. The molecule has 1 aliphatic rings. The summed E-state index contributed by atoms with van der Waals surface area (Å²) in [6.45, 7) is 3.87. The maximum atomic E-state index is 11.3. The molecule has 1 aromatic heterocycles. The van der Waals surface area contributed by atoms with Crippen LogP contribution in [0.15, 0.2) is 12.5 Å². The van der Waals surface area contributed by atoms with Gasteiger partial charge in [-0.25, -0.2) is 9.36 Å². The normalized spacial score (nSPS) is 15.3. The molecule has 4 heteroatoms. The molecular formula is C9H14N3O+. The third kappa shape index (κ3) is 1.43. The molecule has 70 valence electrons. The minimum Gasteiger partial charge on any atom is -0.317 e. The van der Waals surface area contributed by atoms with Gasteiger partial charge < -0.3 is 5.32 Å². The number of fused-ring (bicyclic) bond motifs is 1. The minimum absolute atomic E-state index is 0.00361. The number of hydrogen-bond donors (Lipinski definition) is 1. The van der Waals surface area contributed by atoms with Gasteiger partial charge in [0.1, 0.15) is 6.20 Å². The predicted octanol–water partition coefficient (Wildman–Crippen LogP) is 0.299. The molecule has 1 aliphatic heterocycles. The highest BCUT2D eigenvalue weighted by atomic mass is 16.2. The first-order valence-corrected chi connectivity index (χ1v) is 4.70. The minimum atomic E-state index is -0.00361. The fourth-order valence-electron chi connectivity index (χ4n) is 1.64. The van der Waals surface area contributed by atoms with Gasteiger partial charge in [0.15, 0.2) is 5.69 Å². The van der Waals surface area contributed by atoms with Gasteiger partial charge in [-0.3, -0.25) is 0 Å². The summed E-state index contributed by atoms with van der Waals surface area (Å²) in [5.74, 6) is 0. The Hall–Kier alpha value is -1.32. The van der Waals surface area contributed by atoms with Crippen molar-refractivity contribution in [3.8, 4) is 0 Å². The second-order valence-corrected chi connectivity index (χ2v) is 3.33. The Balaban J connectivity index is 2.31. The van der Waals surface area contributed by atoms with Crippen LogP contribution in [0.1, 0.15) is 19.0 Å². The highest BCUT2D eigenvalue weighted by Gasteiger charge is 2.23. The molecule has 0 atom stereocenters. The summed E-state index contributed by atoms with van der Waals surface area (Å²) >= 11 is 0. The molecule has 0 fully saturated rings. The summed E-state index contributed by atoms with van der Waals surface area (Å²) in [5.41, 5.74) is 1.11. The van der Waals surface area contributed by atoms with Crippen LogP contribution in [0.3, 0.4) is 0 Å². The molecule has 0 radical (unpaired) electrons. The van der Waals surface area contributed by atoms with E-state index in [0.717, 1.165) is 31.6 Å². The van der Waals surface area contributed by atoms with E-state index in [1.165, 1.54) is 0 Å². The Morgan fingerprint density at radius 3 is 3.23 bits per heavy atom. The SMILES string of the molecule is CCC[n+]1cc2n(c1)C(=O)NCC2. The zero-order chi connectivity index (χ0) is 9.26. The van der Waals surface area contributed by atoms with E-state index in [1.807, 2.05) is 6.33 Å². The first-order chi connectivity index (χ1) is 6.31. The molecule has 1 amide bonds. The molecule has 0 saturated heterocycles. The van der Waals surface area contributed by atoms with Gasteiger partial charge in [-0.2, -0.15) is 0 Å². The molecule has 0 aromatic carbocycles. The van der Waals surface area contributed by atoms with Crippen molar-refractivity contribution in [2.45, 2.75) is 26.3 Å². The van der Waals surface area contributed by atoms with Crippen molar-refractivity contribution in [1.82, 2.24) is 9.88 Å². The van der Waals surface area contributed by atoms with Crippen molar-refractivity contribution in [1.29, 1.82) is 0 Å². The maximum absolute atomic E-state index is 11.3. The van der Waals surface area contributed by atoms with Gasteiger partial charge in [-0.05, 0) is 6.42 Å². The molecule has 0 saturated carbocycles. The number of amides is 1. The molecule has 1 aromatic rings. The lowest BCUT2D eigenvalue weighted by atomic mass is 10.3. The van der Waals surface area contributed by atoms with Crippen LogP contribution >= 0.6 is 0 Å². The lowest BCUT2D eigenvalue weighted by molar-refractivity contribution is -0.696. The van der Waals surface area contributed by atoms with Crippen LogP contribution < -0.4 is 9.88 Å². The Morgan fingerprint density at radius 1 is 1.69 bits per heavy atom. The smallest absolute Gasteiger partial charge is 0.317 e. The van der Waals surface area contributed by atoms with E-state index < -0.39 is 0 Å². The summed E-state index contributed by atoms with van der Waals surface area (Å²) in [4.78, 5) is 11.3. The zero-order valence-electron chi connectivity index (χ0n) is 7.79. The van der Waals surface area contributed by atoms with Gasteiger partial charge >= 0.3 is 6.03 Å². The van der Waals surface area contributed by atoms with Crippen molar-refractivity contribution in [3.63, 3.8) is 0 Å². The monoisotopic (exact) mass is 180 g/mol. The number of aromatic nitrogens is 2. The first-order valence-electron chi connectivity index (χ1n) is 4.70. The van der Waals surface area contributed by atoms with E-state index in [-0.39, 0.29) is 6.03 Å². The van der Waals surface area contributed by atoms with Crippen molar-refractivity contribution < 1.29 is 9.36 Å². The lowest BCUT2D eigenvalue weighted by Gasteiger charge is -2.07. The van der Waals surface area contributed by atoms with E-state index >= 15 is 0 Å². The largest absolute Gasteiger partial charge is 0.413 e. The second-order valence-electron chi connectivity index (χ2n) is 3.33. The van der Waals surface area contributed by atoms with Gasteiger partial charge in [0.2, 0.25) is 0 Å². The van der Waals surface area contributed by atoms with Crippen LogP contribution in [0, 0.1) is 0 Å². The number of carbonyl (C=O) groups excluding carboxylic acids is 1. The van der Waals surface area contributed by atoms with E-state index in [1.54, 1.807) is 4.57 Å². The lowest BCUT2D eigenvalue weighted by Crippen LogP contribution is -2.36. The molecule has 4 nitrogen and oxygen atoms in total. The summed E-state index contributed by atoms with van der Waals surface area (Å²) < 4.78 is 3.76. The maximum Gasteiger partial charge on any atom is 0.413 e. The van der Waals surface area contributed by atoms with E-state index in [9.17, 15) is 4.79 Å². The van der Waals surface area contributed by atoms with E-state index in [0.29, 0.717) is 0 Å². The van der Waals surface area contributed by atoms with Gasteiger partial charge in [0.05, 0.1) is 6.54 Å². The Labute approximate surface area is 77.2 Å². The average Bonchev–Trinajstić information content (AvgIpc) is 2.49. The van der Waals surface area contributed by atoms with Crippen molar-refractivity contribution in [3.05, 3.63) is 18.2 Å². The van der Waals surface area contributed by atoms with Crippen LogP contribution in [0.4, 0.5) is 4.79 Å². The molecule has 13 heavy (non-hydrogen) atoms. The highest BCUT2D eigenvalue weighted by molar-refractivity contribution is 5.77. The third-order valence-corrected chi connectivity index (χ3v) is 2.25. The van der Waals surface area contributed by atoms with Gasteiger partial charge in [-0.1, -0.05) is 6.92 Å². The standard InChI is InChI=1S/C9H13N3O/c1-2-5-11-6-8-3-4-10-9(13)12(8)7-11/h6-7H,2-5H2,1H3/p+1. The number of nitrogens with one attached hydrogen (secondary N) is 1. The number of aryl methyl sites for hydroxylation is 1. The highest BCUT2D eigenvalue weighted by Crippen LogP contribution is 2.02. The van der Waals surface area contributed by atoms with Crippen LogP contribution in [0.25, 0.3) is 0 Å². The Morgan fingerprint density at radius 2 is 2.54 bits per heavy atom. The topological polar surface area (TPSA) is 37.9 Å². The number of hydrogen-bond acceptors (Lipinski definition) is 1. The Kier molecular flexibility index (Phi) is 2.04. The number of imidazole rings is 1. The van der Waals surface area contributed by atoms with Gasteiger partial charge in [0.25, 0.3) is 6.33 Å². The predicted molar refractivity (Wildman–Crippen MR) is 47.4 cm³/mol. The van der Waals surface area contributed by atoms with Crippen LogP contribution in [-0.2, 0) is 13.0 Å². The summed E-state index contributed by atoms with van der Waals surface area (Å²) in [6, 6.07) is -0.00361. The number of rotatable bonds is 2. The molecule has 0 spiro atoms. The average molecular weight is 180 g/mol. The van der Waals surface area contributed by atoms with Gasteiger partial charge in [-0.15, -0.1) is 4.57 Å². The summed E-state index contributed by atoms with van der Waals surface area (Å²) in [5, 5.41) is 2.80. The Bertz CT molecular complexity index is 330. The molecule has 0 bridgehead atoms. The molecule has 2 rings (SSSR count). The number of nitrogens with zero attached hydrogens (tertiary/aromatic N) is 2. The fraction of sp³-hybridized carbons (Fsp3) is 0.556. The molecule has 0 aliphatic carbocycles. The second kappa shape index (κ2) is 3.20. The number of carbonyl (C=O) groups is 1. The van der Waals surface area contributed by atoms with Crippen LogP contribution in [-0.4, -0.2) is 17.1 Å². The molecule has 2 heterocycles. The summed E-state index contributed by atoms with van der Waals surface area (Å²) in [6.07, 6.45) is 5.95. The van der Waals surface area contributed by atoms with Gasteiger partial charge in [0, 0.05) is 13.0 Å². The molecular weight excluding hydrogens is 166 g/mol. The van der Waals surface area contributed by atoms with E-state index in [4.69, 9.17) is 0 Å². The van der Waals surface area contributed by atoms with Crippen molar-refractivity contribution in [2.24, 2.45) is 0 Å². The third-order valence-electron chi connectivity index (χ3n) is 2.25. The van der Waals surface area contributed by atoms with Crippen LogP contribution in [0.5, 0.6) is 0 Å².